The third-order valence-electron chi connectivity index (χ3n) is 6.60. The van der Waals surface area contributed by atoms with Gasteiger partial charge in [0.15, 0.2) is 11.5 Å². The van der Waals surface area contributed by atoms with Crippen LogP contribution in [0, 0.1) is 13.8 Å². The van der Waals surface area contributed by atoms with Gasteiger partial charge in [-0.05, 0) is 48.7 Å². The van der Waals surface area contributed by atoms with Gasteiger partial charge in [0, 0.05) is 28.9 Å². The molecule has 7 heteroatoms. The molecule has 1 aliphatic heterocycles. The number of carbonyl (C=O) groups is 1. The molecule has 5 aromatic rings. The molecule has 36 heavy (non-hydrogen) atoms. The van der Waals surface area contributed by atoms with Crippen molar-refractivity contribution in [1.82, 2.24) is 5.32 Å². The van der Waals surface area contributed by atoms with Gasteiger partial charge in [-0.2, -0.15) is 0 Å². The highest BCUT2D eigenvalue weighted by Crippen LogP contribution is 2.37. The van der Waals surface area contributed by atoms with E-state index in [4.69, 9.17) is 18.3 Å². The zero-order chi connectivity index (χ0) is 24.8. The van der Waals surface area contributed by atoms with E-state index in [1.54, 1.807) is 6.07 Å². The van der Waals surface area contributed by atoms with E-state index in [0.717, 1.165) is 38.8 Å². The number of carbonyl (C=O) groups excluding carboxylic acids is 1. The van der Waals surface area contributed by atoms with E-state index in [1.165, 1.54) is 0 Å². The molecule has 0 unspecified atom stereocenters. The Bertz CT molecular complexity index is 1700. The Morgan fingerprint density at radius 1 is 0.889 bits per heavy atom. The van der Waals surface area contributed by atoms with E-state index >= 15 is 0 Å². The van der Waals surface area contributed by atoms with Crippen LogP contribution in [0.25, 0.3) is 33.1 Å². The van der Waals surface area contributed by atoms with E-state index in [9.17, 15) is 9.59 Å². The van der Waals surface area contributed by atoms with Gasteiger partial charge < -0.3 is 23.6 Å². The second-order valence-corrected chi connectivity index (χ2v) is 8.88. The average molecular weight is 482 g/mol. The second-order valence-electron chi connectivity index (χ2n) is 8.88. The van der Waals surface area contributed by atoms with Crippen LogP contribution in [-0.2, 0) is 17.8 Å². The van der Waals surface area contributed by atoms with Crippen molar-refractivity contribution in [3.8, 4) is 22.6 Å². The first-order chi connectivity index (χ1) is 17.5. The normalized spacial score (nSPS) is 12.4. The molecule has 1 aliphatic rings. The molecular formula is C29H23NO6. The first kappa shape index (κ1) is 22.0. The number of nitrogens with one attached hydrogen (secondary N) is 1. The number of rotatable bonds is 5. The molecule has 0 fully saturated rings. The smallest absolute Gasteiger partial charge is 0.340 e. The molecule has 0 atom stereocenters. The SMILES string of the molecule is Cc1oc2cc3oc(=O)c(CC(=O)NCc4ccc5c(c4)OCO5)c(C)c3cc2c1-c1ccccc1. The Balaban J connectivity index is 1.31. The zero-order valence-electron chi connectivity index (χ0n) is 19.8. The van der Waals surface area contributed by atoms with Crippen LogP contribution < -0.4 is 20.4 Å². The van der Waals surface area contributed by atoms with Crippen molar-refractivity contribution in [2.24, 2.45) is 0 Å². The summed E-state index contributed by atoms with van der Waals surface area (Å²) in [4.78, 5) is 25.6. The molecule has 0 bridgehead atoms. The van der Waals surface area contributed by atoms with E-state index in [1.807, 2.05) is 68.4 Å². The van der Waals surface area contributed by atoms with E-state index in [-0.39, 0.29) is 19.1 Å². The number of fused-ring (bicyclic) bond motifs is 3. The van der Waals surface area contributed by atoms with Crippen molar-refractivity contribution in [2.75, 3.05) is 6.79 Å². The molecule has 2 aromatic heterocycles. The molecule has 1 N–H and O–H groups in total. The summed E-state index contributed by atoms with van der Waals surface area (Å²) in [6, 6.07) is 19.3. The topological polar surface area (TPSA) is 90.9 Å². The van der Waals surface area contributed by atoms with Gasteiger partial charge in [0.25, 0.3) is 0 Å². The maximum Gasteiger partial charge on any atom is 0.340 e. The van der Waals surface area contributed by atoms with Crippen LogP contribution in [0.3, 0.4) is 0 Å². The number of ether oxygens (including phenoxy) is 2. The largest absolute Gasteiger partial charge is 0.461 e. The number of benzene rings is 3. The average Bonchev–Trinajstić information content (AvgIpc) is 3.47. The molecule has 0 radical (unpaired) electrons. The highest BCUT2D eigenvalue weighted by molar-refractivity contribution is 6.03. The summed E-state index contributed by atoms with van der Waals surface area (Å²) in [7, 11) is 0. The third-order valence-corrected chi connectivity index (χ3v) is 6.60. The summed E-state index contributed by atoms with van der Waals surface area (Å²) in [5.41, 5.74) is 4.54. The molecule has 0 aliphatic carbocycles. The molecule has 0 saturated carbocycles. The van der Waals surface area contributed by atoms with E-state index in [2.05, 4.69) is 5.32 Å². The van der Waals surface area contributed by atoms with Crippen molar-refractivity contribution in [1.29, 1.82) is 0 Å². The Hall–Kier alpha value is -4.52. The molecule has 6 rings (SSSR count). The van der Waals surface area contributed by atoms with E-state index < -0.39 is 5.63 Å². The lowest BCUT2D eigenvalue weighted by molar-refractivity contribution is -0.120. The summed E-state index contributed by atoms with van der Waals surface area (Å²) in [5.74, 6) is 1.86. The van der Waals surface area contributed by atoms with Crippen molar-refractivity contribution >= 4 is 27.8 Å². The van der Waals surface area contributed by atoms with Crippen molar-refractivity contribution < 1.29 is 23.1 Å². The summed E-state index contributed by atoms with van der Waals surface area (Å²) >= 11 is 0. The van der Waals surface area contributed by atoms with Crippen molar-refractivity contribution in [3.63, 3.8) is 0 Å². The van der Waals surface area contributed by atoms with Gasteiger partial charge in [0.05, 0.1) is 12.0 Å². The fourth-order valence-corrected chi connectivity index (χ4v) is 4.74. The van der Waals surface area contributed by atoms with Gasteiger partial charge >= 0.3 is 5.63 Å². The monoisotopic (exact) mass is 481 g/mol. The second kappa shape index (κ2) is 8.61. The van der Waals surface area contributed by atoms with Gasteiger partial charge in [0.2, 0.25) is 12.7 Å². The molecule has 3 aromatic carbocycles. The predicted octanol–water partition coefficient (Wildman–Crippen LogP) is 5.41. The molecule has 180 valence electrons. The van der Waals surface area contributed by atoms with Crippen molar-refractivity contribution in [3.05, 3.63) is 93.5 Å². The first-order valence-corrected chi connectivity index (χ1v) is 11.7. The summed E-state index contributed by atoms with van der Waals surface area (Å²) in [5, 5.41) is 4.58. The van der Waals surface area contributed by atoms with Gasteiger partial charge in [-0.15, -0.1) is 0 Å². The highest BCUT2D eigenvalue weighted by Gasteiger charge is 2.19. The van der Waals surface area contributed by atoms with Crippen LogP contribution >= 0.6 is 0 Å². The fraction of sp³-hybridized carbons (Fsp3) is 0.172. The Morgan fingerprint density at radius 2 is 1.67 bits per heavy atom. The third kappa shape index (κ3) is 3.79. The summed E-state index contributed by atoms with van der Waals surface area (Å²) < 4.78 is 22.3. The quantitative estimate of drug-likeness (QED) is 0.338. The number of hydrogen-bond acceptors (Lipinski definition) is 6. The van der Waals surface area contributed by atoms with Crippen LogP contribution in [-0.4, -0.2) is 12.7 Å². The number of hydrogen-bond donors (Lipinski definition) is 1. The number of furan rings is 1. The Labute approximate surface area is 206 Å². The Morgan fingerprint density at radius 3 is 2.50 bits per heavy atom. The predicted molar refractivity (Wildman–Crippen MR) is 135 cm³/mol. The maximum absolute atomic E-state index is 12.8. The Kier molecular flexibility index (Phi) is 5.25. The lowest BCUT2D eigenvalue weighted by Gasteiger charge is -2.09. The molecule has 1 amide bonds. The summed E-state index contributed by atoms with van der Waals surface area (Å²) in [6.45, 7) is 4.27. The van der Waals surface area contributed by atoms with Crippen LogP contribution in [0.1, 0.15) is 22.5 Å². The van der Waals surface area contributed by atoms with Gasteiger partial charge in [-0.3, -0.25) is 4.79 Å². The minimum absolute atomic E-state index is 0.0807. The lowest BCUT2D eigenvalue weighted by atomic mass is 9.98. The molecular weight excluding hydrogens is 458 g/mol. The van der Waals surface area contributed by atoms with Crippen LogP contribution in [0.2, 0.25) is 0 Å². The lowest BCUT2D eigenvalue weighted by Crippen LogP contribution is -2.27. The molecule has 0 spiro atoms. The first-order valence-electron chi connectivity index (χ1n) is 11.7. The standard InChI is InChI=1S/C29H23NO6/c1-16-20-11-22-25(35-17(2)28(22)19-6-4-3-5-7-19)13-24(20)36-29(32)21(16)12-27(31)30-14-18-8-9-23-26(10-18)34-15-33-23/h3-11,13H,12,14-15H2,1-2H3,(H,30,31). The highest BCUT2D eigenvalue weighted by atomic mass is 16.7. The fourth-order valence-electron chi connectivity index (χ4n) is 4.74. The summed E-state index contributed by atoms with van der Waals surface area (Å²) in [6.07, 6.45) is -0.0807. The maximum atomic E-state index is 12.8. The zero-order valence-corrected chi connectivity index (χ0v) is 19.8. The molecule has 7 nitrogen and oxygen atoms in total. The minimum Gasteiger partial charge on any atom is -0.461 e. The van der Waals surface area contributed by atoms with Crippen LogP contribution in [0.15, 0.2) is 74.3 Å². The molecule has 0 saturated heterocycles. The number of aryl methyl sites for hydroxylation is 2. The minimum atomic E-state index is -0.524. The van der Waals surface area contributed by atoms with Crippen LogP contribution in [0.4, 0.5) is 0 Å². The van der Waals surface area contributed by atoms with Gasteiger partial charge in [0.1, 0.15) is 16.9 Å². The van der Waals surface area contributed by atoms with Gasteiger partial charge in [-0.1, -0.05) is 36.4 Å². The van der Waals surface area contributed by atoms with Crippen molar-refractivity contribution in [2.45, 2.75) is 26.8 Å². The van der Waals surface area contributed by atoms with Gasteiger partial charge in [-0.25, -0.2) is 4.79 Å². The van der Waals surface area contributed by atoms with E-state index in [0.29, 0.717) is 34.8 Å². The molecule has 3 heterocycles. The number of amides is 1. The van der Waals surface area contributed by atoms with Crippen LogP contribution in [0.5, 0.6) is 11.5 Å².